The van der Waals surface area contributed by atoms with Gasteiger partial charge in [0.05, 0.1) is 11.4 Å². The predicted molar refractivity (Wildman–Crippen MR) is 103 cm³/mol. The van der Waals surface area contributed by atoms with Gasteiger partial charge in [0, 0.05) is 32.2 Å². The number of likely N-dealkylation sites (tertiary alicyclic amines) is 1. The molecule has 1 unspecified atom stereocenters. The molecule has 0 aliphatic carbocycles. The van der Waals surface area contributed by atoms with E-state index in [9.17, 15) is 14.4 Å². The van der Waals surface area contributed by atoms with Crippen LogP contribution in [0.3, 0.4) is 0 Å². The van der Waals surface area contributed by atoms with Crippen molar-refractivity contribution in [1.29, 1.82) is 0 Å². The van der Waals surface area contributed by atoms with Gasteiger partial charge in [-0.3, -0.25) is 19.3 Å². The lowest BCUT2D eigenvalue weighted by atomic mass is 9.95. The molecule has 3 amide bonds. The van der Waals surface area contributed by atoms with E-state index in [1.807, 2.05) is 17.0 Å². The van der Waals surface area contributed by atoms with Gasteiger partial charge in [0.25, 0.3) is 5.91 Å². The van der Waals surface area contributed by atoms with E-state index in [0.29, 0.717) is 11.3 Å². The molecule has 2 fully saturated rings. The van der Waals surface area contributed by atoms with Gasteiger partial charge in [-0.2, -0.15) is 0 Å². The Morgan fingerprint density at radius 2 is 1.81 bits per heavy atom. The van der Waals surface area contributed by atoms with Gasteiger partial charge in [-0.25, -0.2) is 0 Å². The minimum atomic E-state index is -0.213. The summed E-state index contributed by atoms with van der Waals surface area (Å²) >= 11 is 0. The van der Waals surface area contributed by atoms with E-state index in [1.54, 1.807) is 18.0 Å². The normalized spacial score (nSPS) is 21.7. The second-order valence-electron chi connectivity index (χ2n) is 7.51. The van der Waals surface area contributed by atoms with Crippen LogP contribution < -0.4 is 15.1 Å². The lowest BCUT2D eigenvalue weighted by Crippen LogP contribution is -2.57. The molecule has 1 N–H and O–H groups in total. The molecule has 7 heteroatoms. The predicted octanol–water partition coefficient (Wildman–Crippen LogP) is 1.37. The van der Waals surface area contributed by atoms with E-state index in [4.69, 9.17) is 0 Å². The lowest BCUT2D eigenvalue weighted by Gasteiger charge is -2.45. The van der Waals surface area contributed by atoms with E-state index in [0.717, 1.165) is 57.4 Å². The Kier molecular flexibility index (Phi) is 4.76. The van der Waals surface area contributed by atoms with Crippen LogP contribution in [0, 0.1) is 0 Å². The second-order valence-corrected chi connectivity index (χ2v) is 7.51. The number of rotatable bonds is 3. The Labute approximate surface area is 159 Å². The highest BCUT2D eigenvalue weighted by atomic mass is 16.2. The number of nitrogens with zero attached hydrogens (tertiary/aromatic N) is 3. The summed E-state index contributed by atoms with van der Waals surface area (Å²) < 4.78 is 0. The molecule has 3 heterocycles. The van der Waals surface area contributed by atoms with Gasteiger partial charge >= 0.3 is 0 Å². The standard InChI is InChI=1S/C20H26N4O3/c1-21-18(25)13-24-17-12-14(19(26)22-9-4-5-10-22)7-8-15(17)23-11-3-2-6-16(23)20(24)27/h7-8,12,16H,2-6,9-11,13H2,1H3,(H,21,25). The number of nitrogens with one attached hydrogen (secondary N) is 1. The van der Waals surface area contributed by atoms with Crippen LogP contribution in [0.15, 0.2) is 18.2 Å². The molecule has 1 aromatic carbocycles. The maximum Gasteiger partial charge on any atom is 0.253 e. The molecule has 3 aliphatic rings. The van der Waals surface area contributed by atoms with Crippen molar-refractivity contribution in [2.24, 2.45) is 0 Å². The first-order valence-electron chi connectivity index (χ1n) is 9.82. The Balaban J connectivity index is 1.73. The molecule has 0 radical (unpaired) electrons. The smallest absolute Gasteiger partial charge is 0.253 e. The lowest BCUT2D eigenvalue weighted by molar-refractivity contribution is -0.124. The van der Waals surface area contributed by atoms with Crippen LogP contribution in [0.2, 0.25) is 0 Å². The van der Waals surface area contributed by atoms with Crippen LogP contribution in [-0.4, -0.2) is 61.9 Å². The van der Waals surface area contributed by atoms with Gasteiger partial charge in [-0.15, -0.1) is 0 Å². The largest absolute Gasteiger partial charge is 0.358 e. The number of amides is 3. The fraction of sp³-hybridized carbons (Fsp3) is 0.550. The van der Waals surface area contributed by atoms with Gasteiger partial charge in [0.1, 0.15) is 12.6 Å². The van der Waals surface area contributed by atoms with E-state index < -0.39 is 0 Å². The number of carbonyl (C=O) groups is 3. The Morgan fingerprint density at radius 1 is 1.07 bits per heavy atom. The minimum Gasteiger partial charge on any atom is -0.358 e. The first-order valence-corrected chi connectivity index (χ1v) is 9.82. The highest BCUT2D eigenvalue weighted by Gasteiger charge is 2.40. The van der Waals surface area contributed by atoms with Crippen molar-refractivity contribution < 1.29 is 14.4 Å². The van der Waals surface area contributed by atoms with Crippen LogP contribution in [0.1, 0.15) is 42.5 Å². The number of benzene rings is 1. The summed E-state index contributed by atoms with van der Waals surface area (Å²) in [5.41, 5.74) is 2.20. The number of hydrogen-bond donors (Lipinski definition) is 1. The SMILES string of the molecule is CNC(=O)CN1C(=O)C2CCCCN2c2ccc(C(=O)N3CCCC3)cc21. The molecule has 0 bridgehead atoms. The highest BCUT2D eigenvalue weighted by molar-refractivity contribution is 6.09. The first kappa shape index (κ1) is 17.8. The summed E-state index contributed by atoms with van der Waals surface area (Å²) in [6, 6.07) is 5.39. The Bertz CT molecular complexity index is 772. The Morgan fingerprint density at radius 3 is 2.56 bits per heavy atom. The molecule has 27 heavy (non-hydrogen) atoms. The monoisotopic (exact) mass is 370 g/mol. The van der Waals surface area contributed by atoms with E-state index in [-0.39, 0.29) is 30.3 Å². The van der Waals surface area contributed by atoms with Crippen LogP contribution in [0.4, 0.5) is 11.4 Å². The van der Waals surface area contributed by atoms with E-state index >= 15 is 0 Å². The van der Waals surface area contributed by atoms with Crippen molar-refractivity contribution in [3.63, 3.8) is 0 Å². The zero-order chi connectivity index (χ0) is 19.0. The molecule has 1 atom stereocenters. The van der Waals surface area contributed by atoms with Crippen LogP contribution in [0.5, 0.6) is 0 Å². The average molecular weight is 370 g/mol. The maximum atomic E-state index is 13.1. The zero-order valence-electron chi connectivity index (χ0n) is 15.7. The molecule has 1 aromatic rings. The van der Waals surface area contributed by atoms with Gasteiger partial charge in [-0.1, -0.05) is 0 Å². The quantitative estimate of drug-likeness (QED) is 0.872. The third-order valence-corrected chi connectivity index (χ3v) is 5.85. The molecule has 2 saturated heterocycles. The molecule has 3 aliphatic heterocycles. The molecular formula is C20H26N4O3. The van der Waals surface area contributed by atoms with Crippen molar-refractivity contribution in [2.75, 3.05) is 43.0 Å². The second kappa shape index (κ2) is 7.21. The van der Waals surface area contributed by atoms with Gasteiger partial charge in [0.2, 0.25) is 11.8 Å². The molecule has 7 nitrogen and oxygen atoms in total. The number of carbonyl (C=O) groups excluding carboxylic acids is 3. The summed E-state index contributed by atoms with van der Waals surface area (Å²) in [6.07, 6.45) is 4.94. The average Bonchev–Trinajstić information content (AvgIpc) is 3.24. The number of fused-ring (bicyclic) bond motifs is 3. The number of hydrogen-bond acceptors (Lipinski definition) is 4. The minimum absolute atomic E-state index is 0.00316. The number of anilines is 2. The fourth-order valence-electron chi connectivity index (χ4n) is 4.38. The van der Waals surface area contributed by atoms with E-state index in [2.05, 4.69) is 10.2 Å². The molecule has 0 saturated carbocycles. The number of likely N-dealkylation sites (N-methyl/N-ethyl adjacent to an activating group) is 1. The van der Waals surface area contributed by atoms with Crippen LogP contribution >= 0.6 is 0 Å². The summed E-state index contributed by atoms with van der Waals surface area (Å²) in [5, 5.41) is 2.60. The molecule has 144 valence electrons. The van der Waals surface area contributed by atoms with Crippen molar-refractivity contribution in [3.8, 4) is 0 Å². The zero-order valence-corrected chi connectivity index (χ0v) is 15.7. The van der Waals surface area contributed by atoms with Crippen molar-refractivity contribution in [2.45, 2.75) is 38.1 Å². The summed E-state index contributed by atoms with van der Waals surface area (Å²) in [5.74, 6) is -0.255. The van der Waals surface area contributed by atoms with Crippen molar-refractivity contribution in [1.82, 2.24) is 10.2 Å². The summed E-state index contributed by atoms with van der Waals surface area (Å²) in [6.45, 7) is 2.38. The third-order valence-electron chi connectivity index (χ3n) is 5.85. The fourth-order valence-corrected chi connectivity index (χ4v) is 4.38. The van der Waals surface area contributed by atoms with Gasteiger partial charge in [-0.05, 0) is 50.3 Å². The summed E-state index contributed by atoms with van der Waals surface area (Å²) in [7, 11) is 1.57. The number of piperidine rings is 1. The summed E-state index contributed by atoms with van der Waals surface area (Å²) in [4.78, 5) is 43.5. The first-order chi connectivity index (χ1) is 13.1. The van der Waals surface area contributed by atoms with Crippen molar-refractivity contribution in [3.05, 3.63) is 23.8 Å². The van der Waals surface area contributed by atoms with Crippen LogP contribution in [0.25, 0.3) is 0 Å². The highest BCUT2D eigenvalue weighted by Crippen LogP contribution is 2.40. The topological polar surface area (TPSA) is 73.0 Å². The van der Waals surface area contributed by atoms with Crippen LogP contribution in [-0.2, 0) is 9.59 Å². The molecule has 4 rings (SSSR count). The van der Waals surface area contributed by atoms with Gasteiger partial charge < -0.3 is 15.1 Å². The molecular weight excluding hydrogens is 344 g/mol. The van der Waals surface area contributed by atoms with E-state index in [1.165, 1.54) is 0 Å². The maximum absolute atomic E-state index is 13.1. The molecule has 0 aromatic heterocycles. The Hall–Kier alpha value is -2.57. The third kappa shape index (κ3) is 3.15. The van der Waals surface area contributed by atoms with Crippen molar-refractivity contribution >= 4 is 29.1 Å². The van der Waals surface area contributed by atoms with Gasteiger partial charge in [0.15, 0.2) is 0 Å². The molecule has 0 spiro atoms.